The van der Waals surface area contributed by atoms with Crippen molar-refractivity contribution in [3.63, 3.8) is 0 Å². The number of halogens is 1. The Morgan fingerprint density at radius 2 is 1.85 bits per heavy atom. The molecule has 0 aliphatic rings. The maximum Gasteiger partial charge on any atom is 0.255 e. The van der Waals surface area contributed by atoms with E-state index < -0.39 is 0 Å². The highest BCUT2D eigenvalue weighted by Crippen LogP contribution is 2.34. The van der Waals surface area contributed by atoms with Crippen LogP contribution in [0.2, 0.25) is 0 Å². The zero-order valence-corrected chi connectivity index (χ0v) is 20.8. The summed E-state index contributed by atoms with van der Waals surface area (Å²) < 4.78 is 13.7. The number of nitrogens with one attached hydrogen (secondary N) is 3. The first-order valence-electron chi connectivity index (χ1n) is 11.9. The minimum atomic E-state index is -0.265. The molecule has 0 atom stereocenters. The number of H-pyrrole nitrogens is 2. The van der Waals surface area contributed by atoms with Gasteiger partial charge in [0.05, 0.1) is 23.1 Å². The molecule has 0 bridgehead atoms. The number of fused-ring (bicyclic) bond motifs is 2. The van der Waals surface area contributed by atoms with Crippen LogP contribution in [-0.4, -0.2) is 41.0 Å². The highest BCUT2D eigenvalue weighted by atomic mass is 32.1. The van der Waals surface area contributed by atoms with Crippen molar-refractivity contribution in [2.45, 2.75) is 0 Å². The van der Waals surface area contributed by atoms with Gasteiger partial charge < -0.3 is 10.3 Å². The third-order valence-electron chi connectivity index (χ3n) is 6.18. The smallest absolute Gasteiger partial charge is 0.255 e. The number of pyridine rings is 3. The number of rotatable bonds is 5. The molecule has 3 N–H and O–H groups in total. The van der Waals surface area contributed by atoms with Gasteiger partial charge in [-0.05, 0) is 48.5 Å². The minimum Gasteiger partial charge on any atom is -0.321 e. The zero-order chi connectivity index (χ0) is 26.3. The number of imidazole rings is 1. The molecule has 7 aromatic rings. The number of thiophene rings is 1. The first kappa shape index (κ1) is 22.9. The van der Waals surface area contributed by atoms with Crippen molar-refractivity contribution in [3.8, 4) is 33.2 Å². The van der Waals surface area contributed by atoms with Crippen LogP contribution in [0.1, 0.15) is 10.4 Å². The van der Waals surface area contributed by atoms with Crippen LogP contribution in [0.25, 0.3) is 55.4 Å². The molecule has 7 rings (SSSR count). The van der Waals surface area contributed by atoms with Gasteiger partial charge in [-0.15, -0.1) is 11.3 Å². The third-order valence-corrected chi connectivity index (χ3v) is 7.09. The molecule has 9 nitrogen and oxygen atoms in total. The SMILES string of the molecule is O=C(Nc1cncc(-c2ccc3[nH]nc(-c4nc5c(-c6ccc(F)s6)ccnc5[nH]4)c3n2)c1)c1ccccc1. The summed E-state index contributed by atoms with van der Waals surface area (Å²) in [5.41, 5.74) is 6.30. The molecular formula is C28H17FN8OS. The first-order valence-corrected chi connectivity index (χ1v) is 12.7. The van der Waals surface area contributed by atoms with Crippen LogP contribution in [0.15, 0.2) is 85.3 Å². The molecule has 1 amide bonds. The minimum absolute atomic E-state index is 0.224. The number of anilines is 1. The Morgan fingerprint density at radius 1 is 0.949 bits per heavy atom. The molecule has 0 fully saturated rings. The van der Waals surface area contributed by atoms with Gasteiger partial charge in [0.1, 0.15) is 11.0 Å². The highest BCUT2D eigenvalue weighted by molar-refractivity contribution is 7.14. The molecule has 0 saturated heterocycles. The van der Waals surface area contributed by atoms with Gasteiger partial charge in [0.15, 0.2) is 22.3 Å². The second-order valence-electron chi connectivity index (χ2n) is 8.69. The van der Waals surface area contributed by atoms with Crippen LogP contribution in [0.4, 0.5) is 10.1 Å². The standard InChI is InChI=1S/C28H17FN8OS/c29-22-9-8-21(39-22)18-10-11-31-26-23(18)34-27(35-26)25-24-20(36-37-25)7-6-19(33-24)16-12-17(14-30-13-16)32-28(38)15-4-2-1-3-5-15/h1-14H,(H,32,38)(H,36,37)(H,31,34,35). The lowest BCUT2D eigenvalue weighted by molar-refractivity contribution is 0.102. The molecule has 0 aliphatic carbocycles. The number of hydrogen-bond donors (Lipinski definition) is 3. The summed E-state index contributed by atoms with van der Waals surface area (Å²) in [6, 6.07) is 19.5. The lowest BCUT2D eigenvalue weighted by atomic mass is 10.1. The highest BCUT2D eigenvalue weighted by Gasteiger charge is 2.18. The Kier molecular flexibility index (Phi) is 5.41. The van der Waals surface area contributed by atoms with Gasteiger partial charge in [0.25, 0.3) is 5.91 Å². The number of carbonyl (C=O) groups is 1. The summed E-state index contributed by atoms with van der Waals surface area (Å²) in [7, 11) is 0. The van der Waals surface area contributed by atoms with Crippen LogP contribution < -0.4 is 5.32 Å². The average Bonchev–Trinajstić information content (AvgIpc) is 3.71. The van der Waals surface area contributed by atoms with E-state index in [0.717, 1.165) is 32.9 Å². The van der Waals surface area contributed by atoms with Gasteiger partial charge in [-0.25, -0.2) is 15.0 Å². The zero-order valence-electron chi connectivity index (χ0n) is 20.0. The quantitative estimate of drug-likeness (QED) is 0.247. The van der Waals surface area contributed by atoms with Gasteiger partial charge >= 0.3 is 0 Å². The Balaban J connectivity index is 1.25. The molecule has 11 heteroatoms. The van der Waals surface area contributed by atoms with Crippen molar-refractivity contribution in [3.05, 3.63) is 96.0 Å². The number of carbonyl (C=O) groups excluding carboxylic acids is 1. The number of amides is 1. The summed E-state index contributed by atoms with van der Waals surface area (Å²) >= 11 is 1.05. The molecule has 0 unspecified atom stereocenters. The van der Waals surface area contributed by atoms with Crippen molar-refractivity contribution in [1.82, 2.24) is 35.1 Å². The van der Waals surface area contributed by atoms with Crippen LogP contribution in [-0.2, 0) is 0 Å². The van der Waals surface area contributed by atoms with Gasteiger partial charge in [-0.2, -0.15) is 9.49 Å². The first-order chi connectivity index (χ1) is 19.1. The summed E-state index contributed by atoms with van der Waals surface area (Å²) in [6.07, 6.45) is 4.93. The van der Waals surface area contributed by atoms with E-state index >= 15 is 0 Å². The van der Waals surface area contributed by atoms with Crippen LogP contribution in [0.3, 0.4) is 0 Å². The van der Waals surface area contributed by atoms with Gasteiger partial charge in [0.2, 0.25) is 0 Å². The number of nitrogens with zero attached hydrogens (tertiary/aromatic N) is 5. The van der Waals surface area contributed by atoms with Crippen molar-refractivity contribution in [1.29, 1.82) is 0 Å². The molecule has 0 aliphatic heterocycles. The molecule has 0 radical (unpaired) electrons. The van der Waals surface area contributed by atoms with E-state index in [2.05, 4.69) is 30.5 Å². The monoisotopic (exact) mass is 532 g/mol. The van der Waals surface area contributed by atoms with E-state index in [9.17, 15) is 9.18 Å². The number of benzene rings is 1. The van der Waals surface area contributed by atoms with Crippen molar-refractivity contribution in [2.75, 3.05) is 5.32 Å². The predicted molar refractivity (Wildman–Crippen MR) is 148 cm³/mol. The maximum absolute atomic E-state index is 13.7. The van der Waals surface area contributed by atoms with Crippen LogP contribution >= 0.6 is 11.3 Å². The van der Waals surface area contributed by atoms with E-state index in [1.165, 1.54) is 6.07 Å². The fourth-order valence-corrected chi connectivity index (χ4v) is 5.10. The number of aromatic amines is 2. The second-order valence-corrected chi connectivity index (χ2v) is 9.73. The third kappa shape index (κ3) is 4.20. The Morgan fingerprint density at radius 3 is 2.69 bits per heavy atom. The van der Waals surface area contributed by atoms with E-state index in [0.29, 0.717) is 45.1 Å². The van der Waals surface area contributed by atoms with E-state index in [1.54, 1.807) is 36.8 Å². The molecule has 39 heavy (non-hydrogen) atoms. The number of hydrogen-bond acceptors (Lipinski definition) is 7. The summed E-state index contributed by atoms with van der Waals surface area (Å²) in [5.74, 6) is 0.262. The lowest BCUT2D eigenvalue weighted by Crippen LogP contribution is -2.11. The molecule has 0 spiro atoms. The summed E-state index contributed by atoms with van der Waals surface area (Å²) in [5, 5.41) is 10.1. The van der Waals surface area contributed by atoms with Crippen molar-refractivity contribution in [2.24, 2.45) is 0 Å². The number of aromatic nitrogens is 7. The van der Waals surface area contributed by atoms with Crippen LogP contribution in [0.5, 0.6) is 0 Å². The molecule has 0 saturated carbocycles. The van der Waals surface area contributed by atoms with E-state index in [4.69, 9.17) is 9.97 Å². The molecular weight excluding hydrogens is 515 g/mol. The normalized spacial score (nSPS) is 11.3. The Labute approximate surface area is 223 Å². The summed E-state index contributed by atoms with van der Waals surface area (Å²) in [6.45, 7) is 0. The van der Waals surface area contributed by atoms with Crippen LogP contribution in [0, 0.1) is 5.13 Å². The molecule has 1 aromatic carbocycles. The fourth-order valence-electron chi connectivity index (χ4n) is 4.35. The predicted octanol–water partition coefficient (Wildman–Crippen LogP) is 6.08. The Hall–Kier alpha value is -5.29. The second kappa shape index (κ2) is 9.23. The van der Waals surface area contributed by atoms with Gasteiger partial charge in [-0.1, -0.05) is 18.2 Å². The molecule has 6 aromatic heterocycles. The summed E-state index contributed by atoms with van der Waals surface area (Å²) in [4.78, 5) is 34.9. The fraction of sp³-hybridized carbons (Fsp3) is 0. The van der Waals surface area contributed by atoms with E-state index in [1.807, 2.05) is 42.5 Å². The van der Waals surface area contributed by atoms with Gasteiger partial charge in [0, 0.05) is 34.0 Å². The largest absolute Gasteiger partial charge is 0.321 e. The van der Waals surface area contributed by atoms with Gasteiger partial charge in [-0.3, -0.25) is 14.9 Å². The van der Waals surface area contributed by atoms with Crippen molar-refractivity contribution >= 4 is 45.1 Å². The maximum atomic E-state index is 13.7. The molecule has 188 valence electrons. The van der Waals surface area contributed by atoms with Crippen molar-refractivity contribution < 1.29 is 9.18 Å². The topological polar surface area (TPSA) is 125 Å². The Bertz CT molecular complexity index is 2000. The lowest BCUT2D eigenvalue weighted by Gasteiger charge is -2.07. The average molecular weight is 533 g/mol. The molecule has 6 heterocycles. The van der Waals surface area contributed by atoms with E-state index in [-0.39, 0.29) is 11.0 Å².